The molecule has 0 spiro atoms. The third kappa shape index (κ3) is 1.70. The van der Waals surface area contributed by atoms with E-state index in [0.29, 0.717) is 12.2 Å². The number of hydrogen-bond donors (Lipinski definition) is 1. The van der Waals surface area contributed by atoms with Crippen molar-refractivity contribution in [2.45, 2.75) is 16.9 Å². The van der Waals surface area contributed by atoms with Gasteiger partial charge in [0.2, 0.25) is 10.0 Å². The third-order valence-electron chi connectivity index (χ3n) is 2.00. The fourth-order valence-electron chi connectivity index (χ4n) is 1.36. The average molecular weight is 234 g/mol. The number of rotatable bonds is 1. The predicted octanol–water partition coefficient (Wildman–Crippen LogP) is 0.834. The van der Waals surface area contributed by atoms with Crippen LogP contribution in [0.1, 0.15) is 5.56 Å². The van der Waals surface area contributed by atoms with E-state index in [0.717, 1.165) is 5.56 Å². The lowest BCUT2D eigenvalue weighted by atomic mass is 10.2. The van der Waals surface area contributed by atoms with Gasteiger partial charge in [-0.05, 0) is 18.2 Å². The molecule has 0 radical (unpaired) electrons. The Bertz CT molecular complexity index is 471. The maximum atomic E-state index is 11.0. The molecule has 6 heteroatoms. The molecule has 0 saturated heterocycles. The number of hydrogen-bond acceptors (Lipinski definition) is 3. The van der Waals surface area contributed by atoms with E-state index in [1.165, 1.54) is 12.1 Å². The monoisotopic (exact) mass is 233 g/mol. The lowest BCUT2D eigenvalue weighted by Gasteiger charge is -2.01. The topological polar surface area (TPSA) is 69.4 Å². The van der Waals surface area contributed by atoms with Gasteiger partial charge in [0.25, 0.3) is 0 Å². The van der Waals surface area contributed by atoms with E-state index in [4.69, 9.17) is 21.5 Å². The van der Waals surface area contributed by atoms with Gasteiger partial charge in [-0.25, -0.2) is 13.6 Å². The zero-order valence-electron chi connectivity index (χ0n) is 7.10. The highest BCUT2D eigenvalue weighted by atomic mass is 35.5. The van der Waals surface area contributed by atoms with Crippen molar-refractivity contribution in [3.8, 4) is 5.75 Å². The maximum Gasteiger partial charge on any atom is 0.238 e. The summed E-state index contributed by atoms with van der Waals surface area (Å²) in [5.74, 6) is 0.623. The number of alkyl halides is 1. The van der Waals surface area contributed by atoms with Crippen LogP contribution in [0.25, 0.3) is 0 Å². The number of sulfonamides is 1. The summed E-state index contributed by atoms with van der Waals surface area (Å²) < 4.78 is 27.2. The van der Waals surface area contributed by atoms with Crippen molar-refractivity contribution in [3.05, 3.63) is 23.8 Å². The van der Waals surface area contributed by atoms with E-state index in [2.05, 4.69) is 0 Å². The molecule has 14 heavy (non-hydrogen) atoms. The van der Waals surface area contributed by atoms with Crippen molar-refractivity contribution < 1.29 is 13.2 Å². The van der Waals surface area contributed by atoms with Gasteiger partial charge in [-0.2, -0.15) is 0 Å². The highest BCUT2D eigenvalue weighted by Gasteiger charge is 2.22. The third-order valence-corrected chi connectivity index (χ3v) is 3.15. The minimum absolute atomic E-state index is 0.0885. The highest BCUT2D eigenvalue weighted by Crippen LogP contribution is 2.31. The van der Waals surface area contributed by atoms with Gasteiger partial charge in [-0.1, -0.05) is 11.6 Å². The number of halogens is 1. The standard InChI is InChI=1S/C8H8ClNO3S/c9-8-4-5-3-6(14(10,11)12)1-2-7(5)13-8/h1-3,8H,4H2,(H2,10,11,12). The van der Waals surface area contributed by atoms with Crippen LogP contribution in [0, 0.1) is 0 Å². The molecule has 76 valence electrons. The van der Waals surface area contributed by atoms with Crippen LogP contribution in [0.15, 0.2) is 23.1 Å². The second kappa shape index (κ2) is 3.12. The molecule has 0 aromatic heterocycles. The first kappa shape index (κ1) is 9.76. The van der Waals surface area contributed by atoms with Gasteiger partial charge in [-0.15, -0.1) is 0 Å². The van der Waals surface area contributed by atoms with Gasteiger partial charge >= 0.3 is 0 Å². The zero-order chi connectivity index (χ0) is 10.3. The second-order valence-corrected chi connectivity index (χ2v) is 5.09. The molecule has 2 rings (SSSR count). The molecule has 1 aliphatic heterocycles. The fraction of sp³-hybridized carbons (Fsp3) is 0.250. The summed E-state index contributed by atoms with van der Waals surface area (Å²) in [5.41, 5.74) is 0.359. The van der Waals surface area contributed by atoms with Crippen LogP contribution < -0.4 is 9.88 Å². The molecule has 0 saturated carbocycles. The van der Waals surface area contributed by atoms with E-state index >= 15 is 0 Å². The normalized spacial score (nSPS) is 20.3. The summed E-state index contributed by atoms with van der Waals surface area (Å²) >= 11 is 5.74. The molecule has 0 fully saturated rings. The largest absolute Gasteiger partial charge is 0.474 e. The van der Waals surface area contributed by atoms with Crippen LogP contribution in [-0.4, -0.2) is 14.0 Å². The summed E-state index contributed by atoms with van der Waals surface area (Å²) in [6, 6.07) is 4.47. The first-order valence-corrected chi connectivity index (χ1v) is 5.91. The minimum atomic E-state index is -3.64. The summed E-state index contributed by atoms with van der Waals surface area (Å²) in [4.78, 5) is 0.0885. The van der Waals surface area contributed by atoms with E-state index in [-0.39, 0.29) is 4.90 Å². The van der Waals surface area contributed by atoms with E-state index in [1.54, 1.807) is 6.07 Å². The number of fused-ring (bicyclic) bond motifs is 1. The Balaban J connectivity index is 2.48. The molecule has 0 bridgehead atoms. The summed E-state index contributed by atoms with van der Waals surface area (Å²) in [7, 11) is -3.64. The highest BCUT2D eigenvalue weighted by molar-refractivity contribution is 7.89. The molecule has 1 aromatic rings. The van der Waals surface area contributed by atoms with Gasteiger partial charge in [0.1, 0.15) is 5.75 Å². The Morgan fingerprint density at radius 3 is 2.86 bits per heavy atom. The van der Waals surface area contributed by atoms with Crippen molar-refractivity contribution in [2.75, 3.05) is 0 Å². The smallest absolute Gasteiger partial charge is 0.238 e. The van der Waals surface area contributed by atoms with E-state index in [9.17, 15) is 8.42 Å². The van der Waals surface area contributed by atoms with Crippen molar-refractivity contribution in [1.29, 1.82) is 0 Å². The Morgan fingerprint density at radius 2 is 2.21 bits per heavy atom. The molecule has 0 amide bonds. The maximum absolute atomic E-state index is 11.0. The summed E-state index contributed by atoms with van der Waals surface area (Å²) in [5, 5.41) is 4.98. The number of nitrogens with two attached hydrogens (primary N) is 1. The van der Waals surface area contributed by atoms with E-state index < -0.39 is 15.6 Å². The molecule has 1 atom stereocenters. The van der Waals surface area contributed by atoms with Crippen LogP contribution in [0.5, 0.6) is 5.75 Å². The molecule has 1 heterocycles. The summed E-state index contributed by atoms with van der Waals surface area (Å²) in [6.45, 7) is 0. The average Bonchev–Trinajstić information content (AvgIpc) is 2.41. The van der Waals surface area contributed by atoms with Crippen LogP contribution in [0.2, 0.25) is 0 Å². The molecule has 1 unspecified atom stereocenters. The van der Waals surface area contributed by atoms with Crippen molar-refractivity contribution >= 4 is 21.6 Å². The molecular weight excluding hydrogens is 226 g/mol. The Hall–Kier alpha value is -0.780. The van der Waals surface area contributed by atoms with Gasteiger partial charge in [0.05, 0.1) is 4.90 Å². The van der Waals surface area contributed by atoms with Crippen molar-refractivity contribution in [3.63, 3.8) is 0 Å². The quantitative estimate of drug-likeness (QED) is 0.731. The van der Waals surface area contributed by atoms with E-state index in [1.807, 2.05) is 0 Å². The zero-order valence-corrected chi connectivity index (χ0v) is 8.68. The first-order valence-electron chi connectivity index (χ1n) is 3.93. The number of benzene rings is 1. The molecule has 0 aliphatic carbocycles. The predicted molar refractivity (Wildman–Crippen MR) is 51.8 cm³/mol. The van der Waals surface area contributed by atoms with Gasteiger partial charge in [0, 0.05) is 12.0 Å². The minimum Gasteiger partial charge on any atom is -0.474 e. The number of ether oxygens (including phenoxy) is 1. The van der Waals surface area contributed by atoms with Gasteiger partial charge in [-0.3, -0.25) is 0 Å². The molecule has 2 N–H and O–H groups in total. The fourth-order valence-corrected chi connectivity index (χ4v) is 2.19. The van der Waals surface area contributed by atoms with Crippen LogP contribution in [0.3, 0.4) is 0 Å². The molecule has 1 aromatic carbocycles. The van der Waals surface area contributed by atoms with Crippen molar-refractivity contribution in [2.24, 2.45) is 5.14 Å². The second-order valence-electron chi connectivity index (χ2n) is 3.05. The molecule has 1 aliphatic rings. The van der Waals surface area contributed by atoms with Gasteiger partial charge in [0.15, 0.2) is 5.56 Å². The lowest BCUT2D eigenvalue weighted by Crippen LogP contribution is -2.12. The number of primary sulfonamides is 1. The molecule has 4 nitrogen and oxygen atoms in total. The Labute approximate surface area is 86.7 Å². The first-order chi connectivity index (χ1) is 6.47. The van der Waals surface area contributed by atoms with Crippen LogP contribution >= 0.6 is 11.6 Å². The SMILES string of the molecule is NS(=O)(=O)c1ccc2c(c1)CC(Cl)O2. The Morgan fingerprint density at radius 1 is 1.50 bits per heavy atom. The Kier molecular flexibility index (Phi) is 2.17. The summed E-state index contributed by atoms with van der Waals surface area (Å²) in [6.07, 6.45) is 0.500. The van der Waals surface area contributed by atoms with Gasteiger partial charge < -0.3 is 4.74 Å². The van der Waals surface area contributed by atoms with Crippen LogP contribution in [-0.2, 0) is 16.4 Å². The molecular formula is C8H8ClNO3S. The lowest BCUT2D eigenvalue weighted by molar-refractivity contribution is 0.316. The van der Waals surface area contributed by atoms with Crippen molar-refractivity contribution in [1.82, 2.24) is 0 Å². The van der Waals surface area contributed by atoms with Crippen LogP contribution in [0.4, 0.5) is 0 Å².